The zero-order chi connectivity index (χ0) is 14.5. The Labute approximate surface area is 138 Å². The molecule has 0 bridgehead atoms. The van der Waals surface area contributed by atoms with Crippen molar-refractivity contribution >= 4 is 52.2 Å². The largest absolute Gasteiger partial charge is 0.282 e. The molecule has 0 aromatic heterocycles. The van der Waals surface area contributed by atoms with E-state index < -0.39 is 0 Å². The molecule has 0 aliphatic carbocycles. The molecule has 0 amide bonds. The van der Waals surface area contributed by atoms with Crippen LogP contribution in [0, 0.1) is 0 Å². The molecule has 5 heteroatoms. The summed E-state index contributed by atoms with van der Waals surface area (Å²) in [7, 11) is 0. The minimum absolute atomic E-state index is 0.128. The molecule has 0 saturated carbocycles. The molecule has 20 heavy (non-hydrogen) atoms. The molecule has 2 atom stereocenters. The molecule has 1 heterocycles. The highest BCUT2D eigenvalue weighted by atomic mass is 32.2. The van der Waals surface area contributed by atoms with Gasteiger partial charge in [0.25, 0.3) is 0 Å². The van der Waals surface area contributed by atoms with Gasteiger partial charge in [0.1, 0.15) is 0 Å². The van der Waals surface area contributed by atoms with E-state index in [1.54, 1.807) is 18.7 Å². The molecular weight excluding hydrogens is 324 g/mol. The molecule has 1 fully saturated rings. The summed E-state index contributed by atoms with van der Waals surface area (Å²) in [5, 5.41) is 0.682. The van der Waals surface area contributed by atoms with Crippen molar-refractivity contribution in [1.82, 2.24) is 0 Å². The van der Waals surface area contributed by atoms with Gasteiger partial charge in [-0.1, -0.05) is 30.5 Å². The van der Waals surface area contributed by atoms with E-state index in [9.17, 15) is 4.79 Å². The van der Waals surface area contributed by atoms with Crippen molar-refractivity contribution in [2.75, 3.05) is 17.8 Å². The van der Waals surface area contributed by atoms with Gasteiger partial charge in [0.05, 0.1) is 4.58 Å². The van der Waals surface area contributed by atoms with Gasteiger partial charge in [-0.15, -0.1) is 35.3 Å². The van der Waals surface area contributed by atoms with Gasteiger partial charge < -0.3 is 0 Å². The van der Waals surface area contributed by atoms with Crippen molar-refractivity contribution < 1.29 is 4.79 Å². The third kappa shape index (κ3) is 4.52. The second-order valence-corrected chi connectivity index (χ2v) is 9.29. The van der Waals surface area contributed by atoms with Gasteiger partial charge in [-0.3, -0.25) is 4.79 Å². The van der Waals surface area contributed by atoms with Crippen molar-refractivity contribution in [2.45, 2.75) is 21.7 Å². The molecule has 0 radical (unpaired) electrons. The maximum absolute atomic E-state index is 11.6. The molecule has 108 valence electrons. The first-order valence-electron chi connectivity index (χ1n) is 6.34. The molecule has 1 aromatic carbocycles. The summed E-state index contributed by atoms with van der Waals surface area (Å²) in [6, 6.07) is 8.83. The fraction of sp³-hybridized carbons (Fsp3) is 0.400. The van der Waals surface area contributed by atoms with Gasteiger partial charge in [-0.05, 0) is 36.4 Å². The molecule has 0 N–H and O–H groups in total. The zero-order valence-electron chi connectivity index (χ0n) is 11.6. The third-order valence-electron chi connectivity index (χ3n) is 2.89. The van der Waals surface area contributed by atoms with Crippen molar-refractivity contribution in [3.63, 3.8) is 0 Å². The maximum Gasteiger partial charge on any atom is 0.214 e. The van der Waals surface area contributed by atoms with E-state index in [1.165, 1.54) is 22.2 Å². The van der Waals surface area contributed by atoms with Crippen molar-refractivity contribution in [2.24, 2.45) is 0 Å². The third-order valence-corrected chi connectivity index (χ3v) is 8.38. The van der Waals surface area contributed by atoms with E-state index in [0.717, 1.165) is 11.5 Å². The number of hydrogen-bond donors (Lipinski definition) is 0. The molecule has 2 unspecified atom stereocenters. The molecule has 0 spiro atoms. The highest BCUT2D eigenvalue weighted by Crippen LogP contribution is 2.50. The van der Waals surface area contributed by atoms with Crippen LogP contribution in [-0.2, 0) is 4.79 Å². The van der Waals surface area contributed by atoms with Gasteiger partial charge in [0.15, 0.2) is 0 Å². The van der Waals surface area contributed by atoms with Crippen LogP contribution in [0.2, 0.25) is 0 Å². The Kier molecular flexibility index (Phi) is 6.46. The molecule has 1 saturated heterocycles. The lowest BCUT2D eigenvalue weighted by atomic mass is 10.2. The lowest BCUT2D eigenvalue weighted by molar-refractivity contribution is -0.107. The normalized spacial score (nSPS) is 21.9. The first-order chi connectivity index (χ1) is 9.60. The van der Waals surface area contributed by atoms with E-state index in [-0.39, 0.29) is 5.12 Å². The summed E-state index contributed by atoms with van der Waals surface area (Å²) in [6.45, 7) is 5.47. The van der Waals surface area contributed by atoms with Crippen molar-refractivity contribution in [3.05, 3.63) is 42.0 Å². The number of carbonyl (C=O) groups excluding carboxylic acids is 1. The van der Waals surface area contributed by atoms with Crippen LogP contribution in [0.15, 0.2) is 41.3 Å². The standard InChI is InChI=1S/C15H18OS4/c1-10(2)14(16)18-8-13-9-19-15(20-13)11-4-6-12(17-3)7-5-11/h4-7,13,15H,1,8-9H2,2-3H3. The van der Waals surface area contributed by atoms with Crippen LogP contribution in [-0.4, -0.2) is 28.1 Å². The van der Waals surface area contributed by atoms with Crippen LogP contribution in [0.3, 0.4) is 0 Å². The van der Waals surface area contributed by atoms with Gasteiger partial charge in [0, 0.05) is 21.7 Å². The SMILES string of the molecule is C=C(C)C(=O)SCC1CSC(c2ccc(SC)cc2)S1. The number of hydrogen-bond acceptors (Lipinski definition) is 5. The zero-order valence-corrected chi connectivity index (χ0v) is 14.9. The van der Waals surface area contributed by atoms with Crippen molar-refractivity contribution in [3.8, 4) is 0 Å². The monoisotopic (exact) mass is 342 g/mol. The van der Waals surface area contributed by atoms with E-state index in [0.29, 0.717) is 15.4 Å². The highest BCUT2D eigenvalue weighted by molar-refractivity contribution is 8.21. The Morgan fingerprint density at radius 1 is 1.40 bits per heavy atom. The predicted molar refractivity (Wildman–Crippen MR) is 97.1 cm³/mol. The Morgan fingerprint density at radius 3 is 2.70 bits per heavy atom. The van der Waals surface area contributed by atoms with Crippen LogP contribution in [0.4, 0.5) is 0 Å². The smallest absolute Gasteiger partial charge is 0.214 e. The fourth-order valence-electron chi connectivity index (χ4n) is 1.76. The van der Waals surface area contributed by atoms with Gasteiger partial charge in [-0.2, -0.15) is 0 Å². The summed E-state index contributed by atoms with van der Waals surface area (Å²) in [4.78, 5) is 12.9. The number of carbonyl (C=O) groups is 1. The number of thioether (sulfide) groups is 4. The van der Waals surface area contributed by atoms with Crippen LogP contribution < -0.4 is 0 Å². The first kappa shape index (κ1) is 16.4. The maximum atomic E-state index is 11.6. The summed E-state index contributed by atoms with van der Waals surface area (Å²) >= 11 is 7.15. The summed E-state index contributed by atoms with van der Waals surface area (Å²) in [5.41, 5.74) is 2.03. The Bertz CT molecular complexity index is 483. The van der Waals surface area contributed by atoms with Crippen LogP contribution in [0.25, 0.3) is 0 Å². The van der Waals surface area contributed by atoms with E-state index in [2.05, 4.69) is 37.1 Å². The fourth-order valence-corrected chi connectivity index (χ4v) is 6.63. The Balaban J connectivity index is 1.85. The lowest BCUT2D eigenvalue weighted by Crippen LogP contribution is -2.07. The van der Waals surface area contributed by atoms with E-state index >= 15 is 0 Å². The van der Waals surface area contributed by atoms with Gasteiger partial charge in [-0.25, -0.2) is 0 Å². The average Bonchev–Trinajstić information content (AvgIpc) is 2.93. The first-order valence-corrected chi connectivity index (χ1v) is 10.5. The van der Waals surface area contributed by atoms with Gasteiger partial charge in [0.2, 0.25) is 5.12 Å². The second-order valence-electron chi connectivity index (χ2n) is 4.58. The molecule has 1 aliphatic rings. The summed E-state index contributed by atoms with van der Waals surface area (Å²) in [5.74, 6) is 2.01. The highest BCUT2D eigenvalue weighted by Gasteiger charge is 2.27. The van der Waals surface area contributed by atoms with Gasteiger partial charge >= 0.3 is 0 Å². The number of benzene rings is 1. The molecule has 1 aromatic rings. The minimum atomic E-state index is 0.128. The number of rotatable bonds is 5. The average molecular weight is 343 g/mol. The lowest BCUT2D eigenvalue weighted by Gasteiger charge is -2.10. The van der Waals surface area contributed by atoms with Crippen LogP contribution >= 0.6 is 47.0 Å². The second kappa shape index (κ2) is 7.87. The molecule has 2 rings (SSSR count). The molecule has 1 nitrogen and oxygen atoms in total. The summed E-state index contributed by atoms with van der Waals surface area (Å²) < 4.78 is 0.511. The van der Waals surface area contributed by atoms with E-state index in [4.69, 9.17) is 0 Å². The molecular formula is C15H18OS4. The topological polar surface area (TPSA) is 17.1 Å². The minimum Gasteiger partial charge on any atom is -0.282 e. The predicted octanol–water partition coefficient (Wildman–Crippen LogP) is 5.09. The van der Waals surface area contributed by atoms with Crippen molar-refractivity contribution in [1.29, 1.82) is 0 Å². The van der Waals surface area contributed by atoms with Crippen LogP contribution in [0.1, 0.15) is 17.1 Å². The van der Waals surface area contributed by atoms with Crippen LogP contribution in [0.5, 0.6) is 0 Å². The Hall–Kier alpha value is 0.0300. The van der Waals surface area contributed by atoms with E-state index in [1.807, 2.05) is 23.5 Å². The molecule has 1 aliphatic heterocycles. The Morgan fingerprint density at radius 2 is 2.10 bits per heavy atom. The quantitative estimate of drug-likeness (QED) is 0.546. The summed E-state index contributed by atoms with van der Waals surface area (Å²) in [6.07, 6.45) is 2.10.